The van der Waals surface area contributed by atoms with Gasteiger partial charge in [-0.3, -0.25) is 0 Å². The van der Waals surface area contributed by atoms with Gasteiger partial charge in [0, 0.05) is 12.6 Å². The molecule has 0 saturated heterocycles. The first-order valence-electron chi connectivity index (χ1n) is 4.40. The third kappa shape index (κ3) is 1.81. The van der Waals surface area contributed by atoms with Crippen molar-refractivity contribution in [2.24, 2.45) is 7.05 Å². The van der Waals surface area contributed by atoms with Gasteiger partial charge in [0.15, 0.2) is 0 Å². The zero-order valence-corrected chi connectivity index (χ0v) is 9.15. The van der Waals surface area contributed by atoms with Crippen LogP contribution in [0.3, 0.4) is 0 Å². The van der Waals surface area contributed by atoms with Gasteiger partial charge in [-0.05, 0) is 0 Å². The summed E-state index contributed by atoms with van der Waals surface area (Å²) in [6, 6.07) is 8.46. The Bertz CT molecular complexity index is 607. The number of benzene rings is 1. The minimum absolute atomic E-state index is 0.0191. The number of nitrogens with zero attached hydrogens (tertiary/aromatic N) is 3. The molecule has 0 fully saturated rings. The Morgan fingerprint density at radius 2 is 1.88 bits per heavy atom. The Kier molecular flexibility index (Phi) is 2.47. The summed E-state index contributed by atoms with van der Waals surface area (Å²) >= 11 is 0. The van der Waals surface area contributed by atoms with Gasteiger partial charge in [0.2, 0.25) is 5.03 Å². The van der Waals surface area contributed by atoms with E-state index in [0.717, 1.165) is 4.68 Å². The molecule has 1 heterocycles. The summed E-state index contributed by atoms with van der Waals surface area (Å²) in [4.78, 5) is 0. The van der Waals surface area contributed by atoms with Crippen molar-refractivity contribution < 1.29 is 12.3 Å². The van der Waals surface area contributed by atoms with Crippen molar-refractivity contribution in [1.82, 2.24) is 15.0 Å². The average molecular weight is 241 g/mol. The quantitative estimate of drug-likeness (QED) is 0.739. The van der Waals surface area contributed by atoms with Crippen molar-refractivity contribution >= 4 is 10.2 Å². The molecule has 2 rings (SSSR count). The lowest BCUT2D eigenvalue weighted by atomic mass is 10.2. The standard InChI is InChI=1S/C9H8FN3O2S/c1-13-9(16(10,14)15)8(11-12-13)7-5-3-2-4-6-7/h2-6H,1H3. The summed E-state index contributed by atoms with van der Waals surface area (Å²) in [6.07, 6.45) is 0. The molecule has 0 unspecified atom stereocenters. The SMILES string of the molecule is Cn1nnc(-c2ccccc2)c1S(=O)(=O)F. The number of hydrogen-bond donors (Lipinski definition) is 0. The van der Waals surface area contributed by atoms with E-state index < -0.39 is 15.2 Å². The van der Waals surface area contributed by atoms with Gasteiger partial charge in [0.05, 0.1) is 0 Å². The molecule has 0 saturated carbocycles. The van der Waals surface area contributed by atoms with Crippen molar-refractivity contribution in [1.29, 1.82) is 0 Å². The molecule has 0 aliphatic carbocycles. The predicted octanol–water partition coefficient (Wildman–Crippen LogP) is 1.14. The summed E-state index contributed by atoms with van der Waals surface area (Å²) in [6.45, 7) is 0. The highest BCUT2D eigenvalue weighted by molar-refractivity contribution is 7.86. The molecule has 0 aliphatic rings. The zero-order chi connectivity index (χ0) is 11.8. The van der Waals surface area contributed by atoms with Gasteiger partial charge in [-0.1, -0.05) is 39.4 Å². The fourth-order valence-electron chi connectivity index (χ4n) is 1.40. The third-order valence-corrected chi connectivity index (χ3v) is 2.97. The van der Waals surface area contributed by atoms with Crippen LogP contribution in [0.25, 0.3) is 11.3 Å². The topological polar surface area (TPSA) is 64.8 Å². The molecule has 16 heavy (non-hydrogen) atoms. The number of aromatic nitrogens is 3. The average Bonchev–Trinajstić information content (AvgIpc) is 2.61. The monoisotopic (exact) mass is 241 g/mol. The second-order valence-corrected chi connectivity index (χ2v) is 4.43. The van der Waals surface area contributed by atoms with E-state index in [2.05, 4.69) is 10.3 Å². The fourth-order valence-corrected chi connectivity index (χ4v) is 2.14. The molecule has 0 atom stereocenters. The Labute approximate surface area is 91.7 Å². The van der Waals surface area contributed by atoms with Crippen LogP contribution in [-0.4, -0.2) is 23.4 Å². The predicted molar refractivity (Wildman–Crippen MR) is 54.7 cm³/mol. The molecule has 0 amide bonds. The Hall–Kier alpha value is -1.76. The van der Waals surface area contributed by atoms with Crippen molar-refractivity contribution in [2.45, 2.75) is 5.03 Å². The highest BCUT2D eigenvalue weighted by Crippen LogP contribution is 2.25. The zero-order valence-electron chi connectivity index (χ0n) is 8.33. The first-order chi connectivity index (χ1) is 7.50. The molecule has 0 N–H and O–H groups in total. The summed E-state index contributed by atoms with van der Waals surface area (Å²) < 4.78 is 35.8. The molecule has 2 aromatic rings. The van der Waals surface area contributed by atoms with Crippen molar-refractivity contribution in [2.75, 3.05) is 0 Å². The van der Waals surface area contributed by atoms with Gasteiger partial charge in [-0.2, -0.15) is 8.42 Å². The lowest BCUT2D eigenvalue weighted by Gasteiger charge is -1.98. The van der Waals surface area contributed by atoms with Crippen molar-refractivity contribution in [3.63, 3.8) is 0 Å². The van der Waals surface area contributed by atoms with Crippen LogP contribution in [0.1, 0.15) is 0 Å². The van der Waals surface area contributed by atoms with E-state index in [0.29, 0.717) is 5.56 Å². The fraction of sp³-hybridized carbons (Fsp3) is 0.111. The van der Waals surface area contributed by atoms with E-state index in [1.165, 1.54) is 7.05 Å². The minimum Gasteiger partial charge on any atom is -0.234 e. The second-order valence-electron chi connectivity index (χ2n) is 3.17. The smallest absolute Gasteiger partial charge is 0.234 e. The minimum atomic E-state index is -4.83. The van der Waals surface area contributed by atoms with E-state index in [9.17, 15) is 12.3 Å². The normalized spacial score (nSPS) is 11.6. The first kappa shape index (κ1) is 10.7. The van der Waals surface area contributed by atoms with E-state index >= 15 is 0 Å². The van der Waals surface area contributed by atoms with Crippen molar-refractivity contribution in [3.05, 3.63) is 30.3 Å². The van der Waals surface area contributed by atoms with Gasteiger partial charge in [-0.15, -0.1) is 5.10 Å². The molecule has 1 aromatic carbocycles. The van der Waals surface area contributed by atoms with Crippen LogP contribution in [-0.2, 0) is 17.3 Å². The third-order valence-electron chi connectivity index (χ3n) is 2.05. The molecule has 1 aromatic heterocycles. The number of hydrogen-bond acceptors (Lipinski definition) is 4. The van der Waals surface area contributed by atoms with Gasteiger partial charge in [-0.25, -0.2) is 4.68 Å². The largest absolute Gasteiger partial charge is 0.351 e. The van der Waals surface area contributed by atoms with Crippen molar-refractivity contribution in [3.8, 4) is 11.3 Å². The maximum atomic E-state index is 13.0. The van der Waals surface area contributed by atoms with Crippen LogP contribution in [0.2, 0.25) is 0 Å². The van der Waals surface area contributed by atoms with E-state index in [-0.39, 0.29) is 5.69 Å². The van der Waals surface area contributed by atoms with Gasteiger partial charge in [0.1, 0.15) is 5.69 Å². The Morgan fingerprint density at radius 3 is 2.44 bits per heavy atom. The van der Waals surface area contributed by atoms with Gasteiger partial charge < -0.3 is 0 Å². The van der Waals surface area contributed by atoms with Crippen LogP contribution in [0.5, 0.6) is 0 Å². The highest BCUT2D eigenvalue weighted by atomic mass is 32.3. The van der Waals surface area contributed by atoms with Crippen LogP contribution in [0.15, 0.2) is 35.4 Å². The second kappa shape index (κ2) is 3.67. The molecule has 84 valence electrons. The van der Waals surface area contributed by atoms with Crippen LogP contribution >= 0.6 is 0 Å². The maximum absolute atomic E-state index is 13.0. The first-order valence-corrected chi connectivity index (χ1v) is 5.78. The summed E-state index contributed by atoms with van der Waals surface area (Å²) in [5.74, 6) is 0. The highest BCUT2D eigenvalue weighted by Gasteiger charge is 2.25. The Balaban J connectivity index is 2.69. The molecule has 0 bridgehead atoms. The maximum Gasteiger partial charge on any atom is 0.351 e. The number of rotatable bonds is 2. The van der Waals surface area contributed by atoms with E-state index in [1.54, 1.807) is 30.3 Å². The molecular formula is C9H8FN3O2S. The summed E-state index contributed by atoms with van der Waals surface area (Å²) in [5, 5.41) is 6.62. The molecule has 7 heteroatoms. The van der Waals surface area contributed by atoms with Gasteiger partial charge >= 0.3 is 10.2 Å². The van der Waals surface area contributed by atoms with Crippen LogP contribution in [0, 0.1) is 0 Å². The number of aryl methyl sites for hydroxylation is 1. The summed E-state index contributed by atoms with van der Waals surface area (Å²) in [7, 11) is -3.51. The Morgan fingerprint density at radius 1 is 1.25 bits per heavy atom. The van der Waals surface area contributed by atoms with E-state index in [4.69, 9.17) is 0 Å². The molecular weight excluding hydrogens is 233 g/mol. The molecule has 0 spiro atoms. The lowest BCUT2D eigenvalue weighted by Crippen LogP contribution is -2.03. The van der Waals surface area contributed by atoms with Crippen LogP contribution < -0.4 is 0 Å². The molecule has 5 nitrogen and oxygen atoms in total. The molecule has 0 radical (unpaired) electrons. The lowest BCUT2D eigenvalue weighted by molar-refractivity contribution is 0.533. The van der Waals surface area contributed by atoms with Crippen LogP contribution in [0.4, 0.5) is 3.89 Å². The summed E-state index contributed by atoms with van der Waals surface area (Å²) in [5.41, 5.74) is 0.525. The van der Waals surface area contributed by atoms with E-state index in [1.807, 2.05) is 0 Å². The molecule has 0 aliphatic heterocycles. The van der Waals surface area contributed by atoms with Gasteiger partial charge in [0.25, 0.3) is 0 Å². The number of halogens is 1.